The van der Waals surface area contributed by atoms with Crippen LogP contribution in [-0.2, 0) is 0 Å². The standard InChI is InChI=1S/C16H18BrN3O/c1-4-18-14-6-5-12(7-11(14)3)16(21)20-15-8-10(2)13(17)9-19-15/h5-9,18H,4H2,1-3H3,(H,19,20,21). The van der Waals surface area contributed by atoms with Crippen LogP contribution in [0.1, 0.15) is 28.4 Å². The number of aryl methyl sites for hydroxylation is 2. The Morgan fingerprint density at radius 3 is 2.62 bits per heavy atom. The minimum absolute atomic E-state index is 0.157. The molecule has 5 heteroatoms. The van der Waals surface area contributed by atoms with Gasteiger partial charge in [-0.1, -0.05) is 0 Å². The lowest BCUT2D eigenvalue weighted by Gasteiger charge is -2.10. The zero-order chi connectivity index (χ0) is 15.4. The second-order valence-corrected chi connectivity index (χ2v) is 5.69. The summed E-state index contributed by atoms with van der Waals surface area (Å²) in [6.07, 6.45) is 1.68. The molecule has 0 radical (unpaired) electrons. The summed E-state index contributed by atoms with van der Waals surface area (Å²) in [4.78, 5) is 16.4. The maximum absolute atomic E-state index is 12.2. The van der Waals surface area contributed by atoms with Gasteiger partial charge in [-0.2, -0.15) is 0 Å². The third-order valence-electron chi connectivity index (χ3n) is 3.14. The minimum Gasteiger partial charge on any atom is -0.385 e. The van der Waals surface area contributed by atoms with E-state index >= 15 is 0 Å². The van der Waals surface area contributed by atoms with E-state index in [1.165, 1.54) is 0 Å². The van der Waals surface area contributed by atoms with Gasteiger partial charge in [0.2, 0.25) is 0 Å². The highest BCUT2D eigenvalue weighted by molar-refractivity contribution is 9.10. The average molecular weight is 348 g/mol. The van der Waals surface area contributed by atoms with Crippen molar-refractivity contribution in [3.8, 4) is 0 Å². The fourth-order valence-corrected chi connectivity index (χ4v) is 2.21. The van der Waals surface area contributed by atoms with E-state index in [9.17, 15) is 4.79 Å². The van der Waals surface area contributed by atoms with Crippen LogP contribution in [0.5, 0.6) is 0 Å². The Hall–Kier alpha value is -1.88. The van der Waals surface area contributed by atoms with E-state index in [4.69, 9.17) is 0 Å². The summed E-state index contributed by atoms with van der Waals surface area (Å²) >= 11 is 3.39. The molecule has 2 N–H and O–H groups in total. The number of halogens is 1. The molecule has 0 bridgehead atoms. The van der Waals surface area contributed by atoms with Gasteiger partial charge in [0, 0.05) is 28.5 Å². The predicted octanol–water partition coefficient (Wildman–Crippen LogP) is 4.15. The van der Waals surface area contributed by atoms with Crippen LogP contribution in [0.3, 0.4) is 0 Å². The van der Waals surface area contributed by atoms with Crippen molar-refractivity contribution in [1.29, 1.82) is 0 Å². The molecule has 4 nitrogen and oxygen atoms in total. The number of pyridine rings is 1. The molecular formula is C16H18BrN3O. The van der Waals surface area contributed by atoms with Crippen molar-refractivity contribution in [2.45, 2.75) is 20.8 Å². The maximum atomic E-state index is 12.2. The Morgan fingerprint density at radius 2 is 2.00 bits per heavy atom. The highest BCUT2D eigenvalue weighted by atomic mass is 79.9. The van der Waals surface area contributed by atoms with E-state index in [1.54, 1.807) is 6.20 Å². The normalized spacial score (nSPS) is 10.3. The number of carbonyl (C=O) groups is 1. The molecule has 0 unspecified atom stereocenters. The Balaban J connectivity index is 2.16. The van der Waals surface area contributed by atoms with Gasteiger partial charge in [0.1, 0.15) is 5.82 Å². The number of aromatic nitrogens is 1. The van der Waals surface area contributed by atoms with Crippen molar-refractivity contribution in [2.75, 3.05) is 17.2 Å². The molecule has 0 spiro atoms. The van der Waals surface area contributed by atoms with Gasteiger partial charge in [-0.25, -0.2) is 4.98 Å². The highest BCUT2D eigenvalue weighted by Crippen LogP contribution is 2.19. The van der Waals surface area contributed by atoms with Crippen LogP contribution in [-0.4, -0.2) is 17.4 Å². The van der Waals surface area contributed by atoms with E-state index in [1.807, 2.05) is 45.0 Å². The number of hydrogen-bond acceptors (Lipinski definition) is 3. The van der Waals surface area contributed by atoms with Crippen LogP contribution >= 0.6 is 15.9 Å². The fraction of sp³-hybridized carbons (Fsp3) is 0.250. The highest BCUT2D eigenvalue weighted by Gasteiger charge is 2.09. The number of anilines is 2. The van der Waals surface area contributed by atoms with E-state index in [2.05, 4.69) is 31.5 Å². The summed E-state index contributed by atoms with van der Waals surface area (Å²) in [5, 5.41) is 6.07. The first-order valence-electron chi connectivity index (χ1n) is 6.79. The van der Waals surface area contributed by atoms with Crippen LogP contribution in [0.15, 0.2) is 34.9 Å². The summed E-state index contributed by atoms with van der Waals surface area (Å²) in [7, 11) is 0. The Bertz CT molecular complexity index is 671. The number of benzene rings is 1. The lowest BCUT2D eigenvalue weighted by molar-refractivity contribution is 0.102. The number of rotatable bonds is 4. The third-order valence-corrected chi connectivity index (χ3v) is 3.97. The van der Waals surface area contributed by atoms with Gasteiger partial charge < -0.3 is 10.6 Å². The summed E-state index contributed by atoms with van der Waals surface area (Å²) in [6, 6.07) is 7.45. The maximum Gasteiger partial charge on any atom is 0.256 e. The van der Waals surface area contributed by atoms with Gasteiger partial charge in [0.05, 0.1) is 0 Å². The van der Waals surface area contributed by atoms with Gasteiger partial charge in [0.15, 0.2) is 0 Å². The molecule has 0 saturated heterocycles. The first-order chi connectivity index (χ1) is 10.0. The first kappa shape index (κ1) is 15.5. The number of nitrogens with one attached hydrogen (secondary N) is 2. The molecule has 110 valence electrons. The third kappa shape index (κ3) is 3.82. The summed E-state index contributed by atoms with van der Waals surface area (Å²) in [5.41, 5.74) is 3.74. The predicted molar refractivity (Wildman–Crippen MR) is 90.0 cm³/mol. The molecule has 1 heterocycles. The number of carbonyl (C=O) groups excluding carboxylic acids is 1. The minimum atomic E-state index is -0.157. The van der Waals surface area contributed by atoms with Crippen molar-refractivity contribution in [3.63, 3.8) is 0 Å². The van der Waals surface area contributed by atoms with Gasteiger partial charge in [0.25, 0.3) is 5.91 Å². The lowest BCUT2D eigenvalue weighted by Crippen LogP contribution is -2.13. The molecule has 1 aromatic carbocycles. The van der Waals surface area contributed by atoms with Gasteiger partial charge >= 0.3 is 0 Å². The van der Waals surface area contributed by atoms with Crippen molar-refractivity contribution in [3.05, 3.63) is 51.6 Å². The molecule has 2 rings (SSSR count). The molecule has 0 saturated carbocycles. The second kappa shape index (κ2) is 6.72. The van der Waals surface area contributed by atoms with Crippen LogP contribution in [0, 0.1) is 13.8 Å². The van der Waals surface area contributed by atoms with Crippen LogP contribution in [0.4, 0.5) is 11.5 Å². The molecule has 21 heavy (non-hydrogen) atoms. The average Bonchev–Trinajstić information content (AvgIpc) is 2.45. The van der Waals surface area contributed by atoms with Crippen LogP contribution < -0.4 is 10.6 Å². The molecule has 0 aliphatic carbocycles. The largest absolute Gasteiger partial charge is 0.385 e. The monoisotopic (exact) mass is 347 g/mol. The number of hydrogen-bond donors (Lipinski definition) is 2. The SMILES string of the molecule is CCNc1ccc(C(=O)Nc2cc(C)c(Br)cn2)cc1C. The summed E-state index contributed by atoms with van der Waals surface area (Å²) < 4.78 is 0.923. The smallest absolute Gasteiger partial charge is 0.256 e. The lowest BCUT2D eigenvalue weighted by atomic mass is 10.1. The fourth-order valence-electron chi connectivity index (χ4n) is 1.99. The number of amides is 1. The molecule has 0 atom stereocenters. The van der Waals surface area contributed by atoms with Crippen molar-refractivity contribution in [1.82, 2.24) is 4.98 Å². The van der Waals surface area contributed by atoms with E-state index in [0.29, 0.717) is 11.4 Å². The first-order valence-corrected chi connectivity index (χ1v) is 7.58. The van der Waals surface area contributed by atoms with Crippen LogP contribution in [0.2, 0.25) is 0 Å². The van der Waals surface area contributed by atoms with E-state index in [0.717, 1.165) is 27.8 Å². The van der Waals surface area contributed by atoms with Gasteiger partial charge in [-0.3, -0.25) is 4.79 Å². The van der Waals surface area contributed by atoms with Gasteiger partial charge in [-0.15, -0.1) is 0 Å². The molecule has 0 aliphatic heterocycles. The van der Waals surface area contributed by atoms with Gasteiger partial charge in [-0.05, 0) is 72.1 Å². The van der Waals surface area contributed by atoms with Crippen molar-refractivity contribution >= 4 is 33.3 Å². The molecule has 1 amide bonds. The molecule has 2 aromatic rings. The summed E-state index contributed by atoms with van der Waals surface area (Å²) in [6.45, 7) is 6.84. The van der Waals surface area contributed by atoms with Crippen molar-refractivity contribution < 1.29 is 4.79 Å². The second-order valence-electron chi connectivity index (χ2n) is 4.83. The van der Waals surface area contributed by atoms with Crippen LogP contribution in [0.25, 0.3) is 0 Å². The zero-order valence-electron chi connectivity index (χ0n) is 12.3. The molecule has 0 aliphatic rings. The molecular weight excluding hydrogens is 330 g/mol. The zero-order valence-corrected chi connectivity index (χ0v) is 13.9. The Morgan fingerprint density at radius 1 is 1.24 bits per heavy atom. The topological polar surface area (TPSA) is 54.0 Å². The Labute approximate surface area is 133 Å². The summed E-state index contributed by atoms with van der Waals surface area (Å²) in [5.74, 6) is 0.393. The molecule has 1 aromatic heterocycles. The Kier molecular flexibility index (Phi) is 4.96. The molecule has 0 fully saturated rings. The van der Waals surface area contributed by atoms with E-state index in [-0.39, 0.29) is 5.91 Å². The van der Waals surface area contributed by atoms with Crippen molar-refractivity contribution in [2.24, 2.45) is 0 Å². The van der Waals surface area contributed by atoms with E-state index < -0.39 is 0 Å². The quantitative estimate of drug-likeness (QED) is 0.873. The number of nitrogens with zero attached hydrogens (tertiary/aromatic N) is 1.